The number of aryl methyl sites for hydroxylation is 2. The van der Waals surface area contributed by atoms with Gasteiger partial charge in [0.2, 0.25) is 0 Å². The number of anilines is 1. The van der Waals surface area contributed by atoms with E-state index in [0.717, 1.165) is 23.8 Å². The number of aromatic nitrogens is 5. The Balaban J connectivity index is 1.50. The fourth-order valence-corrected chi connectivity index (χ4v) is 2.92. The Labute approximate surface area is 157 Å². The second kappa shape index (κ2) is 7.41. The van der Waals surface area contributed by atoms with E-state index in [1.165, 1.54) is 11.1 Å². The van der Waals surface area contributed by atoms with Gasteiger partial charge in [-0.3, -0.25) is 0 Å². The molecule has 0 atom stereocenters. The Hall–Kier alpha value is -3.48. The van der Waals surface area contributed by atoms with Crippen molar-refractivity contribution in [2.75, 3.05) is 5.32 Å². The molecule has 3 aromatic heterocycles. The zero-order valence-electron chi connectivity index (χ0n) is 15.3. The Morgan fingerprint density at radius 3 is 2.70 bits per heavy atom. The third kappa shape index (κ3) is 3.87. The van der Waals surface area contributed by atoms with E-state index in [9.17, 15) is 0 Å². The quantitative estimate of drug-likeness (QED) is 0.566. The SMILES string of the molecule is Cc1noc(-c2cccnc2NCc2cccc(Cn3ccnc3C)c2)n1. The molecule has 4 aromatic rings. The van der Waals surface area contributed by atoms with Crippen LogP contribution in [0.4, 0.5) is 5.82 Å². The first-order chi connectivity index (χ1) is 13.2. The Morgan fingerprint density at radius 2 is 1.93 bits per heavy atom. The zero-order chi connectivity index (χ0) is 18.6. The van der Waals surface area contributed by atoms with E-state index in [1.807, 2.05) is 31.5 Å². The third-order valence-electron chi connectivity index (χ3n) is 4.29. The fourth-order valence-electron chi connectivity index (χ4n) is 2.92. The van der Waals surface area contributed by atoms with Crippen molar-refractivity contribution in [3.05, 3.63) is 77.8 Å². The average molecular weight is 360 g/mol. The minimum Gasteiger partial charge on any atom is -0.365 e. The van der Waals surface area contributed by atoms with Crippen molar-refractivity contribution in [2.45, 2.75) is 26.9 Å². The normalized spacial score (nSPS) is 10.9. The van der Waals surface area contributed by atoms with Crippen molar-refractivity contribution in [3.63, 3.8) is 0 Å². The molecular weight excluding hydrogens is 340 g/mol. The van der Waals surface area contributed by atoms with Crippen molar-refractivity contribution >= 4 is 5.82 Å². The van der Waals surface area contributed by atoms with Crippen LogP contribution in [-0.4, -0.2) is 24.7 Å². The number of imidazole rings is 1. The van der Waals surface area contributed by atoms with Crippen molar-refractivity contribution < 1.29 is 4.52 Å². The number of benzene rings is 1. The Morgan fingerprint density at radius 1 is 1.04 bits per heavy atom. The summed E-state index contributed by atoms with van der Waals surface area (Å²) in [7, 11) is 0. The lowest BCUT2D eigenvalue weighted by molar-refractivity contribution is 0.425. The van der Waals surface area contributed by atoms with Gasteiger partial charge >= 0.3 is 0 Å². The Kier molecular flexibility index (Phi) is 4.65. The van der Waals surface area contributed by atoms with Crippen molar-refractivity contribution in [1.29, 1.82) is 0 Å². The van der Waals surface area contributed by atoms with Gasteiger partial charge in [-0.25, -0.2) is 9.97 Å². The summed E-state index contributed by atoms with van der Waals surface area (Å²) in [6.45, 7) is 5.25. The molecule has 0 aliphatic heterocycles. The summed E-state index contributed by atoms with van der Waals surface area (Å²) in [5.41, 5.74) is 3.19. The van der Waals surface area contributed by atoms with Crippen molar-refractivity contribution in [3.8, 4) is 11.5 Å². The highest BCUT2D eigenvalue weighted by molar-refractivity contribution is 5.68. The van der Waals surface area contributed by atoms with E-state index in [2.05, 4.69) is 54.3 Å². The van der Waals surface area contributed by atoms with Crippen molar-refractivity contribution in [2.24, 2.45) is 0 Å². The molecule has 7 heteroatoms. The van der Waals surface area contributed by atoms with E-state index >= 15 is 0 Å². The average Bonchev–Trinajstić information content (AvgIpc) is 3.29. The fraction of sp³-hybridized carbons (Fsp3) is 0.200. The molecule has 3 heterocycles. The van der Waals surface area contributed by atoms with E-state index < -0.39 is 0 Å². The smallest absolute Gasteiger partial charge is 0.261 e. The van der Waals surface area contributed by atoms with Gasteiger partial charge in [0.25, 0.3) is 5.89 Å². The van der Waals surface area contributed by atoms with Crippen LogP contribution in [0.3, 0.4) is 0 Å². The summed E-state index contributed by atoms with van der Waals surface area (Å²) in [5.74, 6) is 2.79. The van der Waals surface area contributed by atoms with Crippen LogP contribution in [0.2, 0.25) is 0 Å². The molecule has 0 unspecified atom stereocenters. The van der Waals surface area contributed by atoms with E-state index in [4.69, 9.17) is 4.52 Å². The van der Waals surface area contributed by atoms with Gasteiger partial charge in [-0.15, -0.1) is 0 Å². The molecule has 1 aromatic carbocycles. The largest absolute Gasteiger partial charge is 0.365 e. The molecule has 0 saturated carbocycles. The monoisotopic (exact) mass is 360 g/mol. The second-order valence-electron chi connectivity index (χ2n) is 6.32. The van der Waals surface area contributed by atoms with Crippen LogP contribution in [0.15, 0.2) is 59.5 Å². The van der Waals surface area contributed by atoms with Crippen LogP contribution < -0.4 is 5.32 Å². The lowest BCUT2D eigenvalue weighted by Crippen LogP contribution is -2.05. The van der Waals surface area contributed by atoms with Gasteiger partial charge in [-0.1, -0.05) is 29.4 Å². The molecule has 0 saturated heterocycles. The third-order valence-corrected chi connectivity index (χ3v) is 4.29. The molecule has 27 heavy (non-hydrogen) atoms. The molecule has 7 nitrogen and oxygen atoms in total. The van der Waals surface area contributed by atoms with Gasteiger partial charge in [0.1, 0.15) is 11.6 Å². The van der Waals surface area contributed by atoms with Gasteiger partial charge in [0, 0.05) is 31.7 Å². The molecule has 0 fully saturated rings. The van der Waals surface area contributed by atoms with Crippen LogP contribution in [0.5, 0.6) is 0 Å². The molecule has 0 bridgehead atoms. The van der Waals surface area contributed by atoms with Crippen LogP contribution in [-0.2, 0) is 13.1 Å². The molecule has 0 aliphatic carbocycles. The van der Waals surface area contributed by atoms with Gasteiger partial charge in [0.15, 0.2) is 5.82 Å². The topological polar surface area (TPSA) is 81.7 Å². The number of rotatable bonds is 6. The van der Waals surface area contributed by atoms with Gasteiger partial charge in [-0.2, -0.15) is 4.98 Å². The van der Waals surface area contributed by atoms with Gasteiger partial charge < -0.3 is 14.4 Å². The predicted octanol–water partition coefficient (Wildman–Crippen LogP) is 3.61. The first kappa shape index (κ1) is 17.0. The summed E-state index contributed by atoms with van der Waals surface area (Å²) < 4.78 is 7.41. The first-order valence-corrected chi connectivity index (χ1v) is 8.74. The molecule has 1 N–H and O–H groups in total. The maximum atomic E-state index is 5.28. The van der Waals surface area contributed by atoms with E-state index in [-0.39, 0.29) is 0 Å². The summed E-state index contributed by atoms with van der Waals surface area (Å²) in [6, 6.07) is 12.2. The highest BCUT2D eigenvalue weighted by atomic mass is 16.5. The molecule has 136 valence electrons. The summed E-state index contributed by atoms with van der Waals surface area (Å²) >= 11 is 0. The lowest BCUT2D eigenvalue weighted by Gasteiger charge is -2.10. The highest BCUT2D eigenvalue weighted by Gasteiger charge is 2.12. The maximum Gasteiger partial charge on any atom is 0.261 e. The highest BCUT2D eigenvalue weighted by Crippen LogP contribution is 2.24. The minimum atomic E-state index is 0.465. The molecule has 0 spiro atoms. The molecule has 0 radical (unpaired) electrons. The summed E-state index contributed by atoms with van der Waals surface area (Å²) in [6.07, 6.45) is 5.56. The summed E-state index contributed by atoms with van der Waals surface area (Å²) in [4.78, 5) is 13.0. The standard InChI is InChI=1S/C20H20N6O/c1-14-24-20(27-25-14)18-7-4-8-22-19(18)23-12-16-5-3-6-17(11-16)13-26-10-9-21-15(26)2/h3-11H,12-13H2,1-2H3,(H,22,23). The second-order valence-corrected chi connectivity index (χ2v) is 6.32. The summed E-state index contributed by atoms with van der Waals surface area (Å²) in [5, 5.41) is 7.23. The zero-order valence-corrected chi connectivity index (χ0v) is 15.3. The number of hydrogen-bond acceptors (Lipinski definition) is 6. The lowest BCUT2D eigenvalue weighted by atomic mass is 10.1. The maximum absolute atomic E-state index is 5.28. The van der Waals surface area contributed by atoms with Crippen LogP contribution >= 0.6 is 0 Å². The van der Waals surface area contributed by atoms with Gasteiger partial charge in [0.05, 0.1) is 5.56 Å². The number of pyridine rings is 1. The molecule has 0 aliphatic rings. The van der Waals surface area contributed by atoms with Gasteiger partial charge in [-0.05, 0) is 37.1 Å². The number of nitrogens with one attached hydrogen (secondary N) is 1. The number of hydrogen-bond donors (Lipinski definition) is 1. The van der Waals surface area contributed by atoms with E-state index in [1.54, 1.807) is 13.1 Å². The molecule has 4 rings (SSSR count). The van der Waals surface area contributed by atoms with Crippen LogP contribution in [0, 0.1) is 13.8 Å². The van der Waals surface area contributed by atoms with Crippen LogP contribution in [0.1, 0.15) is 22.8 Å². The first-order valence-electron chi connectivity index (χ1n) is 8.74. The predicted molar refractivity (Wildman–Crippen MR) is 102 cm³/mol. The Bertz CT molecular complexity index is 1050. The minimum absolute atomic E-state index is 0.465. The molecule has 0 amide bonds. The number of nitrogens with zero attached hydrogens (tertiary/aromatic N) is 5. The van der Waals surface area contributed by atoms with Crippen molar-refractivity contribution in [1.82, 2.24) is 24.7 Å². The van der Waals surface area contributed by atoms with Crippen LogP contribution in [0.25, 0.3) is 11.5 Å². The van der Waals surface area contributed by atoms with E-state index in [0.29, 0.717) is 18.3 Å². The molecular formula is C20H20N6O.